The summed E-state index contributed by atoms with van der Waals surface area (Å²) in [6, 6.07) is 0. The van der Waals surface area contributed by atoms with E-state index in [1.54, 1.807) is 0 Å². The lowest BCUT2D eigenvalue weighted by Crippen LogP contribution is -2.20. The van der Waals surface area contributed by atoms with E-state index in [4.69, 9.17) is 14.5 Å². The van der Waals surface area contributed by atoms with Crippen LogP contribution in [0.4, 0.5) is 0 Å². The first-order valence-electron chi connectivity index (χ1n) is 9.71. The number of phosphoric acid groups is 2. The molecule has 0 aromatic heterocycles. The van der Waals surface area contributed by atoms with Crippen molar-refractivity contribution >= 4 is 33.6 Å². The second kappa shape index (κ2) is 20.9. The Balaban J connectivity index is -0.000000313. The summed E-state index contributed by atoms with van der Waals surface area (Å²) >= 11 is 0. The van der Waals surface area contributed by atoms with E-state index < -0.39 is 39.7 Å². The molecule has 0 aromatic rings. The smallest absolute Gasteiger partial charge is 0.460 e. The Hall–Kier alpha value is -2.15. The molecule has 2 unspecified atom stereocenters. The number of ether oxygens (including phenoxy) is 3. The van der Waals surface area contributed by atoms with Gasteiger partial charge >= 0.3 is 33.6 Å². The normalized spacial score (nSPS) is 12.5. The quantitative estimate of drug-likeness (QED) is 0.0840. The maximum Gasteiger partial charge on any atom is 0.472 e. The lowest BCUT2D eigenvalue weighted by Gasteiger charge is -2.16. The number of esters is 3. The summed E-state index contributed by atoms with van der Waals surface area (Å²) in [7, 11) is -8.79. The van der Waals surface area contributed by atoms with Crippen molar-refractivity contribution < 1.29 is 66.0 Å². The zero-order valence-corrected chi connectivity index (χ0v) is 21.7. The van der Waals surface area contributed by atoms with Crippen molar-refractivity contribution in [3.8, 4) is 0 Å². The van der Waals surface area contributed by atoms with Crippen molar-refractivity contribution in [2.75, 3.05) is 33.0 Å². The largest absolute Gasteiger partial charge is 0.472 e. The van der Waals surface area contributed by atoms with Crippen molar-refractivity contribution in [2.24, 2.45) is 0 Å². The van der Waals surface area contributed by atoms with E-state index in [0.29, 0.717) is 0 Å². The van der Waals surface area contributed by atoms with Gasteiger partial charge in [0.25, 0.3) is 0 Å². The molecule has 0 rings (SSSR count). The van der Waals surface area contributed by atoms with Gasteiger partial charge in [0, 0.05) is 16.7 Å². The van der Waals surface area contributed by atoms with Crippen LogP contribution in [-0.4, -0.2) is 71.7 Å². The Morgan fingerprint density at radius 3 is 1.43 bits per heavy atom. The van der Waals surface area contributed by atoms with Gasteiger partial charge in [0.15, 0.2) is 0 Å². The fourth-order valence-corrected chi connectivity index (χ4v) is 2.47. The van der Waals surface area contributed by atoms with Gasteiger partial charge in [0.2, 0.25) is 0 Å². The molecule has 0 heterocycles. The van der Waals surface area contributed by atoms with Crippen LogP contribution in [0.25, 0.3) is 0 Å². The van der Waals surface area contributed by atoms with Crippen LogP contribution in [0.3, 0.4) is 0 Å². The molecular formula is C21H40O14P2. The number of hydrogen-bond donors (Lipinski definition) is 3. The lowest BCUT2D eigenvalue weighted by molar-refractivity contribution is -0.145. The molecule has 0 amide bonds. The Morgan fingerprint density at radius 1 is 0.703 bits per heavy atom. The van der Waals surface area contributed by atoms with Crippen molar-refractivity contribution in [3.05, 3.63) is 36.5 Å². The minimum Gasteiger partial charge on any atom is -0.460 e. The van der Waals surface area contributed by atoms with Crippen LogP contribution in [0, 0.1) is 0 Å². The Labute approximate surface area is 218 Å². The van der Waals surface area contributed by atoms with Gasteiger partial charge in [-0.3, -0.25) is 13.6 Å². The second-order valence-corrected chi connectivity index (χ2v) is 9.44. The van der Waals surface area contributed by atoms with Crippen LogP contribution < -0.4 is 0 Å². The number of hydrogen-bond acceptors (Lipinski definition) is 11. The summed E-state index contributed by atoms with van der Waals surface area (Å²) < 4.78 is 48.9. The van der Waals surface area contributed by atoms with E-state index in [0.717, 1.165) is 0 Å². The van der Waals surface area contributed by atoms with E-state index in [1.165, 1.54) is 27.7 Å². The van der Waals surface area contributed by atoms with Crippen LogP contribution in [0.2, 0.25) is 0 Å². The molecule has 0 bridgehead atoms. The molecule has 0 fully saturated rings. The summed E-state index contributed by atoms with van der Waals surface area (Å²) in [4.78, 5) is 58.8. The molecule has 0 aliphatic heterocycles. The van der Waals surface area contributed by atoms with Gasteiger partial charge in [-0.15, -0.1) is 0 Å². The highest BCUT2D eigenvalue weighted by atomic mass is 31.2. The van der Waals surface area contributed by atoms with E-state index in [2.05, 4.69) is 42.8 Å². The second-order valence-electron chi connectivity index (χ2n) is 6.75. The Morgan fingerprint density at radius 2 is 1.08 bits per heavy atom. The molecule has 0 aromatic carbocycles. The average molecular weight is 578 g/mol. The average Bonchev–Trinajstić information content (AvgIpc) is 2.72. The van der Waals surface area contributed by atoms with Crippen LogP contribution in [0.1, 0.15) is 42.5 Å². The van der Waals surface area contributed by atoms with Gasteiger partial charge in [0.1, 0.15) is 19.3 Å². The molecule has 0 radical (unpaired) electrons. The number of phosphoric ester groups is 2. The fourth-order valence-electron chi connectivity index (χ4n) is 1.38. The molecule has 0 spiro atoms. The monoisotopic (exact) mass is 578 g/mol. The van der Waals surface area contributed by atoms with Gasteiger partial charge in [0.05, 0.1) is 19.8 Å². The van der Waals surface area contributed by atoms with Crippen molar-refractivity contribution in [1.29, 1.82) is 0 Å². The molecule has 16 heteroatoms. The van der Waals surface area contributed by atoms with E-state index in [9.17, 15) is 28.4 Å². The minimum atomic E-state index is -4.46. The predicted octanol–water partition coefficient (Wildman–Crippen LogP) is 3.23. The first-order valence-corrected chi connectivity index (χ1v) is 12.7. The maximum absolute atomic E-state index is 11.5. The molecule has 2 atom stereocenters. The van der Waals surface area contributed by atoms with Gasteiger partial charge in [-0.25, -0.2) is 23.5 Å². The zero-order chi connectivity index (χ0) is 27.8. The number of rotatable bonds is 15. The molecule has 218 valence electrons. The lowest BCUT2D eigenvalue weighted by atomic mass is 10.3. The fraction of sp³-hybridized carbons (Fsp3) is 0.571. The summed E-state index contributed by atoms with van der Waals surface area (Å²) in [6.45, 7) is 14.5. The minimum absolute atomic E-state index is 0. The molecule has 0 saturated heterocycles. The molecule has 37 heavy (non-hydrogen) atoms. The number of carbonyl (C=O) groups is 3. The first-order chi connectivity index (χ1) is 15.9. The highest BCUT2D eigenvalue weighted by Gasteiger charge is 2.23. The van der Waals surface area contributed by atoms with Gasteiger partial charge in [-0.2, -0.15) is 0 Å². The molecule has 3 N–H and O–H groups in total. The van der Waals surface area contributed by atoms with Gasteiger partial charge in [-0.1, -0.05) is 34.6 Å². The standard InChI is InChI=1S/C13H21O8P.C6H11O6P.2CH4/c1-9(2)12(14)18-6-7-19-22(16,17)20-8-11(5)21-13(15)10(3)4;1-5(2)6(7)11-3-4-12-13(8,9)10;;/h11H,1,3,6-8H2,2,4-5H3,(H,16,17);1,3-4H2,2H3,(H2,8,9,10);2*1H4. The summed E-state index contributed by atoms with van der Waals surface area (Å²) in [5.41, 5.74) is 0.627. The third-order valence-electron chi connectivity index (χ3n) is 2.97. The summed E-state index contributed by atoms with van der Waals surface area (Å²) in [5, 5.41) is 0. The van der Waals surface area contributed by atoms with Crippen LogP contribution >= 0.6 is 15.6 Å². The molecule has 0 aliphatic carbocycles. The van der Waals surface area contributed by atoms with E-state index in [-0.39, 0.29) is 64.6 Å². The summed E-state index contributed by atoms with van der Waals surface area (Å²) in [5.74, 6) is -1.87. The maximum atomic E-state index is 11.5. The third kappa shape index (κ3) is 26.7. The van der Waals surface area contributed by atoms with E-state index >= 15 is 0 Å². The molecular weight excluding hydrogens is 538 g/mol. The third-order valence-corrected chi connectivity index (χ3v) is 4.48. The van der Waals surface area contributed by atoms with Crippen molar-refractivity contribution in [1.82, 2.24) is 0 Å². The van der Waals surface area contributed by atoms with Gasteiger partial charge < -0.3 is 28.9 Å². The van der Waals surface area contributed by atoms with Crippen LogP contribution in [-0.2, 0) is 51.3 Å². The van der Waals surface area contributed by atoms with Crippen LogP contribution in [0.5, 0.6) is 0 Å². The topological polar surface area (TPSA) is 201 Å². The first kappa shape index (κ1) is 42.0. The van der Waals surface area contributed by atoms with E-state index in [1.807, 2.05) is 0 Å². The zero-order valence-electron chi connectivity index (χ0n) is 20.0. The SMILES string of the molecule is C.C.C=C(C)C(=O)OCCOP(=O)(O)O.C=C(C)C(=O)OCCOP(=O)(O)OCC(C)OC(=O)C(=C)C. The molecule has 0 saturated carbocycles. The molecule has 14 nitrogen and oxygen atoms in total. The molecule has 0 aliphatic rings. The summed E-state index contributed by atoms with van der Waals surface area (Å²) in [6.07, 6.45) is -0.755. The number of carbonyl (C=O) groups excluding carboxylic acids is 3. The predicted molar refractivity (Wildman–Crippen MR) is 135 cm³/mol. The Bertz CT molecular complexity index is 861. The highest BCUT2D eigenvalue weighted by Crippen LogP contribution is 2.43. The highest BCUT2D eigenvalue weighted by molar-refractivity contribution is 7.47. The van der Waals surface area contributed by atoms with Crippen molar-refractivity contribution in [3.63, 3.8) is 0 Å². The van der Waals surface area contributed by atoms with Crippen LogP contribution in [0.15, 0.2) is 36.5 Å². The van der Waals surface area contributed by atoms with Gasteiger partial charge in [-0.05, 0) is 27.7 Å². The van der Waals surface area contributed by atoms with Crippen molar-refractivity contribution in [2.45, 2.75) is 48.7 Å². The Kier molecular flexibility index (Phi) is 23.7.